The number of ether oxygens (including phenoxy) is 1. The highest BCUT2D eigenvalue weighted by molar-refractivity contribution is 5.87. The fraction of sp³-hybridized carbons (Fsp3) is 0.667. The molecule has 0 aromatic heterocycles. The third kappa shape index (κ3) is 3.18. The molecular formula is C12H18O3. The number of ketones is 1. The van der Waals surface area contributed by atoms with E-state index in [4.69, 9.17) is 0 Å². The summed E-state index contributed by atoms with van der Waals surface area (Å²) in [4.78, 5) is 23.0. The van der Waals surface area contributed by atoms with Crippen molar-refractivity contribution in [1.29, 1.82) is 0 Å². The van der Waals surface area contributed by atoms with Crippen LogP contribution in [0.5, 0.6) is 0 Å². The molecule has 1 fully saturated rings. The zero-order chi connectivity index (χ0) is 11.3. The molecule has 0 heterocycles. The smallest absolute Gasteiger partial charge is 0.306 e. The van der Waals surface area contributed by atoms with Crippen LogP contribution in [-0.4, -0.2) is 18.9 Å². The molecule has 0 radical (unpaired) electrons. The lowest BCUT2D eigenvalue weighted by Gasteiger charge is -2.26. The lowest BCUT2D eigenvalue weighted by molar-refractivity contribution is -0.145. The van der Waals surface area contributed by atoms with E-state index < -0.39 is 0 Å². The van der Waals surface area contributed by atoms with E-state index in [0.29, 0.717) is 0 Å². The molecule has 15 heavy (non-hydrogen) atoms. The van der Waals surface area contributed by atoms with Gasteiger partial charge < -0.3 is 4.74 Å². The Balaban J connectivity index is 2.54. The molecule has 1 rings (SSSR count). The molecule has 84 valence electrons. The summed E-state index contributed by atoms with van der Waals surface area (Å²) in [5.41, 5.74) is 0. The Hall–Kier alpha value is -1.12. The van der Waals surface area contributed by atoms with Crippen molar-refractivity contribution in [2.45, 2.75) is 32.1 Å². The maximum absolute atomic E-state index is 11.9. The van der Waals surface area contributed by atoms with Gasteiger partial charge >= 0.3 is 5.97 Å². The highest BCUT2D eigenvalue weighted by atomic mass is 16.5. The average Bonchev–Trinajstić information content (AvgIpc) is 2.24. The summed E-state index contributed by atoms with van der Waals surface area (Å²) < 4.78 is 4.59. The molecule has 0 aromatic carbocycles. The Kier molecular flexibility index (Phi) is 4.53. The van der Waals surface area contributed by atoms with Crippen LogP contribution in [0.3, 0.4) is 0 Å². The summed E-state index contributed by atoms with van der Waals surface area (Å²) in [6.07, 6.45) is 5.53. The first-order valence-electron chi connectivity index (χ1n) is 5.40. The van der Waals surface area contributed by atoms with Crippen LogP contribution in [0.2, 0.25) is 0 Å². The van der Waals surface area contributed by atoms with Gasteiger partial charge in [0.2, 0.25) is 0 Å². The van der Waals surface area contributed by atoms with Crippen LogP contribution in [0.4, 0.5) is 0 Å². The SMILES string of the molecule is C=CCC1CCCC(CC(=O)OC)C1=O. The van der Waals surface area contributed by atoms with Crippen molar-refractivity contribution in [1.82, 2.24) is 0 Å². The number of Topliss-reactive ketones (excluding diaryl/α,β-unsaturated/α-hetero) is 1. The Morgan fingerprint density at radius 2 is 2.20 bits per heavy atom. The predicted octanol–water partition coefficient (Wildman–Crippen LogP) is 2.11. The van der Waals surface area contributed by atoms with Gasteiger partial charge in [0.05, 0.1) is 13.5 Å². The second kappa shape index (κ2) is 5.69. The average molecular weight is 210 g/mol. The van der Waals surface area contributed by atoms with Gasteiger partial charge in [0.25, 0.3) is 0 Å². The first-order chi connectivity index (χ1) is 7.19. The van der Waals surface area contributed by atoms with Crippen LogP contribution in [-0.2, 0) is 14.3 Å². The number of carbonyl (C=O) groups excluding carboxylic acids is 2. The van der Waals surface area contributed by atoms with Gasteiger partial charge in [-0.05, 0) is 19.3 Å². The normalized spacial score (nSPS) is 26.1. The van der Waals surface area contributed by atoms with E-state index in [-0.39, 0.29) is 30.0 Å². The molecule has 1 saturated carbocycles. The minimum atomic E-state index is -0.285. The van der Waals surface area contributed by atoms with E-state index in [1.165, 1.54) is 7.11 Å². The van der Waals surface area contributed by atoms with Gasteiger partial charge in [-0.15, -0.1) is 6.58 Å². The lowest BCUT2D eigenvalue weighted by atomic mass is 9.77. The van der Waals surface area contributed by atoms with E-state index >= 15 is 0 Å². The molecular weight excluding hydrogens is 192 g/mol. The van der Waals surface area contributed by atoms with E-state index in [9.17, 15) is 9.59 Å². The standard InChI is InChI=1S/C12H18O3/c1-3-5-9-6-4-7-10(12(9)14)8-11(13)15-2/h3,9-10H,1,4-8H2,2H3. The molecule has 1 aliphatic rings. The monoisotopic (exact) mass is 210 g/mol. The summed E-state index contributed by atoms with van der Waals surface area (Å²) in [5.74, 6) is -0.124. The summed E-state index contributed by atoms with van der Waals surface area (Å²) >= 11 is 0. The first-order valence-corrected chi connectivity index (χ1v) is 5.40. The van der Waals surface area contributed by atoms with Crippen LogP contribution >= 0.6 is 0 Å². The van der Waals surface area contributed by atoms with Crippen molar-refractivity contribution in [3.05, 3.63) is 12.7 Å². The van der Waals surface area contributed by atoms with E-state index in [1.54, 1.807) is 6.08 Å². The van der Waals surface area contributed by atoms with Gasteiger partial charge in [0, 0.05) is 11.8 Å². The minimum absolute atomic E-state index is 0.0749. The predicted molar refractivity (Wildman–Crippen MR) is 57.3 cm³/mol. The quantitative estimate of drug-likeness (QED) is 0.527. The fourth-order valence-electron chi connectivity index (χ4n) is 2.15. The van der Waals surface area contributed by atoms with Gasteiger partial charge in [-0.1, -0.05) is 12.5 Å². The van der Waals surface area contributed by atoms with Crippen molar-refractivity contribution < 1.29 is 14.3 Å². The van der Waals surface area contributed by atoms with Gasteiger partial charge in [-0.25, -0.2) is 0 Å². The summed E-state index contributed by atoms with van der Waals surface area (Å²) in [5, 5.41) is 0. The van der Waals surface area contributed by atoms with Crippen LogP contribution in [0, 0.1) is 11.8 Å². The van der Waals surface area contributed by atoms with Gasteiger partial charge in [0.15, 0.2) is 0 Å². The number of esters is 1. The molecule has 1 aliphatic carbocycles. The Labute approximate surface area is 90.5 Å². The Bertz CT molecular complexity index is 258. The second-order valence-corrected chi connectivity index (χ2v) is 4.03. The number of hydrogen-bond donors (Lipinski definition) is 0. The molecule has 2 atom stereocenters. The number of hydrogen-bond acceptors (Lipinski definition) is 3. The molecule has 0 aromatic rings. The summed E-state index contributed by atoms with van der Waals surface area (Å²) in [6, 6.07) is 0. The molecule has 0 saturated heterocycles. The Morgan fingerprint density at radius 1 is 1.53 bits per heavy atom. The van der Waals surface area contributed by atoms with Crippen molar-refractivity contribution in [2.75, 3.05) is 7.11 Å². The first kappa shape index (κ1) is 12.0. The molecule has 0 N–H and O–H groups in total. The number of rotatable bonds is 4. The summed E-state index contributed by atoms with van der Waals surface area (Å²) in [6.45, 7) is 3.65. The number of methoxy groups -OCH3 is 1. The van der Waals surface area contributed by atoms with Crippen LogP contribution < -0.4 is 0 Å². The second-order valence-electron chi connectivity index (χ2n) is 4.03. The third-order valence-corrected chi connectivity index (χ3v) is 3.00. The minimum Gasteiger partial charge on any atom is -0.469 e. The molecule has 0 aliphatic heterocycles. The summed E-state index contributed by atoms with van der Waals surface area (Å²) in [7, 11) is 1.36. The van der Waals surface area contributed by atoms with Crippen molar-refractivity contribution in [3.63, 3.8) is 0 Å². The third-order valence-electron chi connectivity index (χ3n) is 3.00. The largest absolute Gasteiger partial charge is 0.469 e. The van der Waals surface area contributed by atoms with Crippen LogP contribution in [0.1, 0.15) is 32.1 Å². The van der Waals surface area contributed by atoms with E-state index in [0.717, 1.165) is 25.7 Å². The molecule has 0 bridgehead atoms. The lowest BCUT2D eigenvalue weighted by Crippen LogP contribution is -2.30. The highest BCUT2D eigenvalue weighted by Gasteiger charge is 2.31. The topological polar surface area (TPSA) is 43.4 Å². The zero-order valence-electron chi connectivity index (χ0n) is 9.20. The van der Waals surface area contributed by atoms with E-state index in [2.05, 4.69) is 11.3 Å². The Morgan fingerprint density at radius 3 is 2.80 bits per heavy atom. The molecule has 0 amide bonds. The fourth-order valence-corrected chi connectivity index (χ4v) is 2.15. The van der Waals surface area contributed by atoms with Crippen LogP contribution in [0.25, 0.3) is 0 Å². The number of carbonyl (C=O) groups is 2. The molecule has 3 nitrogen and oxygen atoms in total. The number of allylic oxidation sites excluding steroid dienone is 1. The van der Waals surface area contributed by atoms with Crippen LogP contribution in [0.15, 0.2) is 12.7 Å². The maximum Gasteiger partial charge on any atom is 0.306 e. The van der Waals surface area contributed by atoms with Gasteiger partial charge in [0.1, 0.15) is 5.78 Å². The van der Waals surface area contributed by atoms with E-state index in [1.807, 2.05) is 0 Å². The molecule has 3 heteroatoms. The van der Waals surface area contributed by atoms with Crippen molar-refractivity contribution in [3.8, 4) is 0 Å². The maximum atomic E-state index is 11.9. The van der Waals surface area contributed by atoms with Crippen molar-refractivity contribution in [2.24, 2.45) is 11.8 Å². The van der Waals surface area contributed by atoms with Gasteiger partial charge in [-0.2, -0.15) is 0 Å². The van der Waals surface area contributed by atoms with Gasteiger partial charge in [-0.3, -0.25) is 9.59 Å². The van der Waals surface area contributed by atoms with Crippen molar-refractivity contribution >= 4 is 11.8 Å². The highest BCUT2D eigenvalue weighted by Crippen LogP contribution is 2.30. The molecule has 2 unspecified atom stereocenters. The molecule has 0 spiro atoms. The zero-order valence-corrected chi connectivity index (χ0v) is 9.20.